The smallest absolute Gasteiger partial charge is 0.383 e. The molecular formula is C19H19F3N6O2. The maximum absolute atomic E-state index is 12.9. The van der Waals surface area contributed by atoms with Crippen molar-refractivity contribution in [1.82, 2.24) is 25.1 Å². The van der Waals surface area contributed by atoms with Gasteiger partial charge >= 0.3 is 6.18 Å². The highest BCUT2D eigenvalue weighted by Gasteiger charge is 2.30. The van der Waals surface area contributed by atoms with E-state index in [-0.39, 0.29) is 24.1 Å². The molecule has 0 spiro atoms. The lowest BCUT2D eigenvalue weighted by atomic mass is 10.2. The van der Waals surface area contributed by atoms with Crippen molar-refractivity contribution >= 4 is 17.5 Å². The Morgan fingerprint density at radius 2 is 1.97 bits per heavy atom. The molecule has 2 N–H and O–H groups in total. The Kier molecular flexibility index (Phi) is 6.62. The van der Waals surface area contributed by atoms with Gasteiger partial charge in [0.05, 0.1) is 12.2 Å². The number of halogens is 3. The number of carbonyl (C=O) groups is 1. The first-order valence-electron chi connectivity index (χ1n) is 8.92. The number of alkyl halides is 3. The van der Waals surface area contributed by atoms with Gasteiger partial charge in [-0.2, -0.15) is 18.2 Å². The number of nitrogens with one attached hydrogen (secondary N) is 2. The molecule has 0 aliphatic heterocycles. The summed E-state index contributed by atoms with van der Waals surface area (Å²) >= 11 is 0. The van der Waals surface area contributed by atoms with E-state index in [1.54, 1.807) is 24.5 Å². The Hall–Kier alpha value is -3.47. The van der Waals surface area contributed by atoms with Crippen molar-refractivity contribution in [3.63, 3.8) is 0 Å². The van der Waals surface area contributed by atoms with Crippen LogP contribution in [0.25, 0.3) is 11.4 Å². The van der Waals surface area contributed by atoms with Gasteiger partial charge < -0.3 is 15.4 Å². The summed E-state index contributed by atoms with van der Waals surface area (Å²) in [6.07, 6.45) is -1.34. The summed E-state index contributed by atoms with van der Waals surface area (Å²) in [6.45, 7) is 0.575. The molecule has 1 aromatic carbocycles. The standard InChI is InChI=1S/C19H19F3N6O2/c1-30-10-9-24-16(29)12-28-17(13-5-7-23-8-6-13)26-18(27-28)25-15-4-2-3-14(11-15)19(20,21)22/h2-8,11H,9-10,12H2,1H3,(H,24,29)(H,25,27). The van der Waals surface area contributed by atoms with E-state index in [4.69, 9.17) is 4.74 Å². The van der Waals surface area contributed by atoms with Gasteiger partial charge in [-0.15, -0.1) is 5.10 Å². The lowest BCUT2D eigenvalue weighted by Crippen LogP contribution is -2.30. The molecule has 0 atom stereocenters. The minimum absolute atomic E-state index is 0.0610. The topological polar surface area (TPSA) is 94.0 Å². The molecular weight excluding hydrogens is 401 g/mol. The van der Waals surface area contributed by atoms with E-state index in [1.807, 2.05) is 0 Å². The second kappa shape index (κ2) is 9.35. The summed E-state index contributed by atoms with van der Waals surface area (Å²) in [5.74, 6) is 0.123. The Morgan fingerprint density at radius 3 is 2.67 bits per heavy atom. The average Bonchev–Trinajstić information content (AvgIpc) is 3.10. The van der Waals surface area contributed by atoms with Crippen molar-refractivity contribution < 1.29 is 22.7 Å². The molecule has 0 aliphatic rings. The highest BCUT2D eigenvalue weighted by atomic mass is 19.4. The van der Waals surface area contributed by atoms with Crippen LogP contribution >= 0.6 is 0 Å². The number of carbonyl (C=O) groups excluding carboxylic acids is 1. The highest BCUT2D eigenvalue weighted by molar-refractivity contribution is 5.76. The first-order chi connectivity index (χ1) is 14.4. The molecule has 3 aromatic rings. The summed E-state index contributed by atoms with van der Waals surface area (Å²) in [5.41, 5.74) is 0.0332. The highest BCUT2D eigenvalue weighted by Crippen LogP contribution is 2.31. The van der Waals surface area contributed by atoms with Gasteiger partial charge in [0.2, 0.25) is 11.9 Å². The number of aromatic nitrogens is 4. The van der Waals surface area contributed by atoms with Crippen molar-refractivity contribution in [1.29, 1.82) is 0 Å². The molecule has 158 valence electrons. The van der Waals surface area contributed by atoms with E-state index in [2.05, 4.69) is 25.7 Å². The van der Waals surface area contributed by atoms with Gasteiger partial charge in [0, 0.05) is 37.3 Å². The van der Waals surface area contributed by atoms with Crippen LogP contribution in [0.2, 0.25) is 0 Å². The van der Waals surface area contributed by atoms with Gasteiger partial charge in [0.15, 0.2) is 5.82 Å². The van der Waals surface area contributed by atoms with Crippen LogP contribution in [0.3, 0.4) is 0 Å². The molecule has 2 heterocycles. The zero-order valence-corrected chi connectivity index (χ0v) is 16.0. The van der Waals surface area contributed by atoms with Crippen LogP contribution in [0, 0.1) is 0 Å². The van der Waals surface area contributed by atoms with Gasteiger partial charge in [0.1, 0.15) is 6.54 Å². The molecule has 0 saturated carbocycles. The largest absolute Gasteiger partial charge is 0.416 e. The summed E-state index contributed by atoms with van der Waals surface area (Å²) in [4.78, 5) is 20.5. The SMILES string of the molecule is COCCNC(=O)Cn1nc(Nc2cccc(C(F)(F)F)c2)nc1-c1ccncc1. The number of nitrogens with zero attached hydrogens (tertiary/aromatic N) is 4. The number of amides is 1. The number of benzene rings is 1. The summed E-state index contributed by atoms with van der Waals surface area (Å²) in [7, 11) is 1.52. The van der Waals surface area contributed by atoms with E-state index >= 15 is 0 Å². The van der Waals surface area contributed by atoms with Crippen LogP contribution < -0.4 is 10.6 Å². The third kappa shape index (κ3) is 5.54. The van der Waals surface area contributed by atoms with Gasteiger partial charge in [0.25, 0.3) is 0 Å². The second-order valence-corrected chi connectivity index (χ2v) is 6.20. The Morgan fingerprint density at radius 1 is 1.20 bits per heavy atom. The zero-order chi connectivity index (χ0) is 21.6. The lowest BCUT2D eigenvalue weighted by Gasteiger charge is -2.08. The van der Waals surface area contributed by atoms with Crippen molar-refractivity contribution in [2.45, 2.75) is 12.7 Å². The molecule has 0 aliphatic carbocycles. The van der Waals surface area contributed by atoms with Gasteiger partial charge in [-0.3, -0.25) is 9.78 Å². The lowest BCUT2D eigenvalue weighted by molar-refractivity contribution is -0.137. The van der Waals surface area contributed by atoms with Crippen molar-refractivity contribution in [3.05, 3.63) is 54.4 Å². The van der Waals surface area contributed by atoms with E-state index in [1.165, 1.54) is 23.9 Å². The van der Waals surface area contributed by atoms with Crippen LogP contribution in [0.1, 0.15) is 5.56 Å². The molecule has 0 bridgehead atoms. The molecule has 0 fully saturated rings. The Bertz CT molecular complexity index is 991. The van der Waals surface area contributed by atoms with Crippen LogP contribution in [0.4, 0.5) is 24.8 Å². The predicted octanol–water partition coefficient (Wildman–Crippen LogP) is 2.87. The monoisotopic (exact) mass is 420 g/mol. The van der Waals surface area contributed by atoms with Crippen LogP contribution in [0.15, 0.2) is 48.8 Å². The van der Waals surface area contributed by atoms with Gasteiger partial charge in [-0.05, 0) is 30.3 Å². The van der Waals surface area contributed by atoms with Gasteiger partial charge in [-0.1, -0.05) is 6.07 Å². The van der Waals surface area contributed by atoms with Crippen molar-refractivity contribution in [2.75, 3.05) is 25.6 Å². The molecule has 11 heteroatoms. The molecule has 0 radical (unpaired) electrons. The number of ether oxygens (including phenoxy) is 1. The number of anilines is 2. The summed E-state index contributed by atoms with van der Waals surface area (Å²) in [5, 5.41) is 9.69. The summed E-state index contributed by atoms with van der Waals surface area (Å²) in [6, 6.07) is 8.08. The molecule has 2 aromatic heterocycles. The Balaban J connectivity index is 1.85. The average molecular weight is 420 g/mol. The first kappa shape index (κ1) is 21.2. The predicted molar refractivity (Wildman–Crippen MR) is 103 cm³/mol. The molecule has 3 rings (SSSR count). The zero-order valence-electron chi connectivity index (χ0n) is 16.0. The third-order valence-electron chi connectivity index (χ3n) is 3.98. The van der Waals surface area contributed by atoms with Crippen LogP contribution in [0.5, 0.6) is 0 Å². The van der Waals surface area contributed by atoms with Crippen molar-refractivity contribution in [2.24, 2.45) is 0 Å². The number of hydrogen-bond acceptors (Lipinski definition) is 6. The normalized spacial score (nSPS) is 11.3. The number of hydrogen-bond donors (Lipinski definition) is 2. The maximum atomic E-state index is 12.9. The summed E-state index contributed by atoms with van der Waals surface area (Å²) < 4.78 is 45.1. The van der Waals surface area contributed by atoms with E-state index in [0.717, 1.165) is 12.1 Å². The van der Waals surface area contributed by atoms with E-state index < -0.39 is 11.7 Å². The van der Waals surface area contributed by atoms with E-state index in [9.17, 15) is 18.0 Å². The molecule has 8 nitrogen and oxygen atoms in total. The first-order valence-corrected chi connectivity index (χ1v) is 8.92. The molecule has 0 saturated heterocycles. The Labute approximate surface area is 170 Å². The van der Waals surface area contributed by atoms with Crippen molar-refractivity contribution in [3.8, 4) is 11.4 Å². The quantitative estimate of drug-likeness (QED) is 0.545. The second-order valence-electron chi connectivity index (χ2n) is 6.20. The fourth-order valence-electron chi connectivity index (χ4n) is 2.61. The number of pyridine rings is 1. The minimum Gasteiger partial charge on any atom is -0.383 e. The fraction of sp³-hybridized carbons (Fsp3) is 0.263. The molecule has 0 unspecified atom stereocenters. The number of rotatable bonds is 8. The van der Waals surface area contributed by atoms with Crippen LogP contribution in [-0.2, 0) is 22.3 Å². The third-order valence-corrected chi connectivity index (χ3v) is 3.98. The molecule has 30 heavy (non-hydrogen) atoms. The minimum atomic E-state index is -4.47. The maximum Gasteiger partial charge on any atom is 0.416 e. The van der Waals surface area contributed by atoms with E-state index in [0.29, 0.717) is 24.5 Å². The van der Waals surface area contributed by atoms with Gasteiger partial charge in [-0.25, -0.2) is 4.68 Å². The van der Waals surface area contributed by atoms with Crippen LogP contribution in [-0.4, -0.2) is 45.9 Å². The fourth-order valence-corrected chi connectivity index (χ4v) is 2.61. The number of methoxy groups -OCH3 is 1. The molecule has 1 amide bonds.